The standard InChI is InChI=1S/C13H18N4O2/c1-4-6-13(2,12(18)19-3)16-11-10-5-7-15-17(10)9-8-14-11/h5,7-9H,4,6H2,1-3H3,(H,14,16). The van der Waals surface area contributed by atoms with E-state index in [1.807, 2.05) is 19.9 Å². The molecule has 6 heteroatoms. The first-order valence-corrected chi connectivity index (χ1v) is 6.25. The second-order valence-corrected chi connectivity index (χ2v) is 4.64. The van der Waals surface area contributed by atoms with Crippen LogP contribution in [-0.4, -0.2) is 33.2 Å². The highest BCUT2D eigenvalue weighted by Gasteiger charge is 2.34. The van der Waals surface area contributed by atoms with Crippen molar-refractivity contribution in [2.45, 2.75) is 32.2 Å². The van der Waals surface area contributed by atoms with Gasteiger partial charge in [-0.2, -0.15) is 5.10 Å². The number of nitrogens with zero attached hydrogens (tertiary/aromatic N) is 3. The lowest BCUT2D eigenvalue weighted by molar-refractivity contribution is -0.145. The van der Waals surface area contributed by atoms with Gasteiger partial charge < -0.3 is 10.1 Å². The van der Waals surface area contributed by atoms with Crippen LogP contribution in [0.5, 0.6) is 0 Å². The van der Waals surface area contributed by atoms with Crippen molar-refractivity contribution in [1.82, 2.24) is 14.6 Å². The minimum Gasteiger partial charge on any atom is -0.467 e. The van der Waals surface area contributed by atoms with Crippen molar-refractivity contribution in [3.8, 4) is 0 Å². The van der Waals surface area contributed by atoms with E-state index in [1.54, 1.807) is 23.1 Å². The van der Waals surface area contributed by atoms with Gasteiger partial charge in [-0.25, -0.2) is 14.3 Å². The summed E-state index contributed by atoms with van der Waals surface area (Å²) < 4.78 is 6.59. The van der Waals surface area contributed by atoms with Crippen LogP contribution in [0.3, 0.4) is 0 Å². The molecule has 2 aromatic rings. The van der Waals surface area contributed by atoms with E-state index in [4.69, 9.17) is 4.74 Å². The van der Waals surface area contributed by atoms with Crippen molar-refractivity contribution in [3.63, 3.8) is 0 Å². The van der Waals surface area contributed by atoms with E-state index in [1.165, 1.54) is 7.11 Å². The van der Waals surface area contributed by atoms with Crippen LogP contribution in [0, 0.1) is 0 Å². The van der Waals surface area contributed by atoms with Crippen LogP contribution in [0.25, 0.3) is 5.52 Å². The van der Waals surface area contributed by atoms with E-state index in [-0.39, 0.29) is 5.97 Å². The minimum atomic E-state index is -0.789. The highest BCUT2D eigenvalue weighted by molar-refractivity contribution is 5.85. The normalized spacial score (nSPS) is 14.1. The Morgan fingerprint density at radius 1 is 1.53 bits per heavy atom. The fraction of sp³-hybridized carbons (Fsp3) is 0.462. The maximum absolute atomic E-state index is 12.0. The quantitative estimate of drug-likeness (QED) is 0.833. The fourth-order valence-electron chi connectivity index (χ4n) is 2.16. The number of hydrogen-bond donors (Lipinski definition) is 1. The summed E-state index contributed by atoms with van der Waals surface area (Å²) in [6.07, 6.45) is 6.62. The summed E-state index contributed by atoms with van der Waals surface area (Å²) in [6.45, 7) is 3.85. The summed E-state index contributed by atoms with van der Waals surface area (Å²) in [6, 6.07) is 1.85. The van der Waals surface area contributed by atoms with E-state index in [9.17, 15) is 4.79 Å². The molecule has 1 unspecified atom stereocenters. The third kappa shape index (κ3) is 2.52. The van der Waals surface area contributed by atoms with Gasteiger partial charge in [0.2, 0.25) is 0 Å². The molecule has 0 amide bonds. The predicted molar refractivity (Wildman–Crippen MR) is 71.9 cm³/mol. The first kappa shape index (κ1) is 13.3. The average molecular weight is 262 g/mol. The van der Waals surface area contributed by atoms with Crippen molar-refractivity contribution in [2.75, 3.05) is 12.4 Å². The molecule has 0 aliphatic carbocycles. The molecule has 2 aromatic heterocycles. The van der Waals surface area contributed by atoms with Crippen LogP contribution in [-0.2, 0) is 9.53 Å². The molecule has 0 fully saturated rings. The van der Waals surface area contributed by atoms with Gasteiger partial charge in [0.15, 0.2) is 5.82 Å². The molecule has 19 heavy (non-hydrogen) atoms. The third-order valence-electron chi connectivity index (χ3n) is 3.10. The number of fused-ring (bicyclic) bond motifs is 1. The van der Waals surface area contributed by atoms with Crippen LogP contribution < -0.4 is 5.32 Å². The topological polar surface area (TPSA) is 68.5 Å². The number of esters is 1. The summed E-state index contributed by atoms with van der Waals surface area (Å²) in [7, 11) is 1.39. The summed E-state index contributed by atoms with van der Waals surface area (Å²) >= 11 is 0. The zero-order valence-corrected chi connectivity index (χ0v) is 11.4. The lowest BCUT2D eigenvalue weighted by atomic mass is 9.96. The highest BCUT2D eigenvalue weighted by Crippen LogP contribution is 2.23. The van der Waals surface area contributed by atoms with Gasteiger partial charge in [0.05, 0.1) is 13.3 Å². The predicted octanol–water partition coefficient (Wildman–Crippen LogP) is 1.87. The molecule has 102 valence electrons. The van der Waals surface area contributed by atoms with Gasteiger partial charge in [-0.3, -0.25) is 0 Å². The molecule has 0 aliphatic rings. The van der Waals surface area contributed by atoms with Crippen molar-refractivity contribution in [2.24, 2.45) is 0 Å². The first-order chi connectivity index (χ1) is 9.10. The molecule has 0 bridgehead atoms. The number of aromatic nitrogens is 3. The number of ether oxygens (including phenoxy) is 1. The molecule has 0 aliphatic heterocycles. The second-order valence-electron chi connectivity index (χ2n) is 4.64. The number of nitrogens with one attached hydrogen (secondary N) is 1. The van der Waals surface area contributed by atoms with Crippen molar-refractivity contribution in [3.05, 3.63) is 24.7 Å². The van der Waals surface area contributed by atoms with E-state index < -0.39 is 5.54 Å². The van der Waals surface area contributed by atoms with E-state index in [2.05, 4.69) is 15.4 Å². The molecule has 1 atom stereocenters. The zero-order valence-electron chi connectivity index (χ0n) is 11.4. The lowest BCUT2D eigenvalue weighted by Crippen LogP contribution is -2.44. The molecule has 2 heterocycles. The molecule has 0 aromatic carbocycles. The van der Waals surface area contributed by atoms with Crippen molar-refractivity contribution >= 4 is 17.3 Å². The molecule has 1 N–H and O–H groups in total. The fourth-order valence-corrected chi connectivity index (χ4v) is 2.16. The molecular weight excluding hydrogens is 244 g/mol. The summed E-state index contributed by atoms with van der Waals surface area (Å²) in [5.41, 5.74) is 0.0385. The van der Waals surface area contributed by atoms with Crippen molar-refractivity contribution < 1.29 is 9.53 Å². The molecule has 0 saturated carbocycles. The molecule has 6 nitrogen and oxygen atoms in total. The SMILES string of the molecule is CCCC(C)(Nc1nccn2nccc12)C(=O)OC. The van der Waals surface area contributed by atoms with Crippen LogP contribution >= 0.6 is 0 Å². The average Bonchev–Trinajstić information content (AvgIpc) is 2.87. The maximum atomic E-state index is 12.0. The van der Waals surface area contributed by atoms with Crippen LogP contribution in [0.2, 0.25) is 0 Å². The zero-order chi connectivity index (χ0) is 13.9. The minimum absolute atomic E-state index is 0.294. The number of rotatable bonds is 5. The summed E-state index contributed by atoms with van der Waals surface area (Å²) in [4.78, 5) is 16.3. The Kier molecular flexibility index (Phi) is 3.69. The number of anilines is 1. The van der Waals surface area contributed by atoms with Gasteiger partial charge in [0, 0.05) is 12.4 Å². The third-order valence-corrected chi connectivity index (χ3v) is 3.10. The second kappa shape index (κ2) is 5.26. The Balaban J connectivity index is 2.36. The van der Waals surface area contributed by atoms with Gasteiger partial charge in [-0.1, -0.05) is 13.3 Å². The van der Waals surface area contributed by atoms with Gasteiger partial charge in [0.1, 0.15) is 11.1 Å². The van der Waals surface area contributed by atoms with E-state index in [0.29, 0.717) is 12.2 Å². The molecule has 0 saturated heterocycles. The smallest absolute Gasteiger partial charge is 0.331 e. The molecule has 0 spiro atoms. The van der Waals surface area contributed by atoms with Crippen LogP contribution in [0.1, 0.15) is 26.7 Å². The molecule has 2 rings (SSSR count). The van der Waals surface area contributed by atoms with Gasteiger partial charge >= 0.3 is 5.97 Å². The largest absolute Gasteiger partial charge is 0.467 e. The first-order valence-electron chi connectivity index (χ1n) is 6.25. The Hall–Kier alpha value is -2.11. The lowest BCUT2D eigenvalue weighted by Gasteiger charge is -2.28. The summed E-state index contributed by atoms with van der Waals surface area (Å²) in [5, 5.41) is 7.33. The number of methoxy groups -OCH3 is 1. The van der Waals surface area contributed by atoms with Gasteiger partial charge in [0.25, 0.3) is 0 Å². The van der Waals surface area contributed by atoms with Gasteiger partial charge in [-0.15, -0.1) is 0 Å². The molecular formula is C13H18N4O2. The number of hydrogen-bond acceptors (Lipinski definition) is 5. The molecule has 0 radical (unpaired) electrons. The Bertz CT molecular complexity index is 581. The monoisotopic (exact) mass is 262 g/mol. The van der Waals surface area contributed by atoms with Crippen LogP contribution in [0.4, 0.5) is 5.82 Å². The Morgan fingerprint density at radius 2 is 2.32 bits per heavy atom. The van der Waals surface area contributed by atoms with Gasteiger partial charge in [-0.05, 0) is 19.4 Å². The maximum Gasteiger partial charge on any atom is 0.331 e. The number of carbonyl (C=O) groups excluding carboxylic acids is 1. The highest BCUT2D eigenvalue weighted by atomic mass is 16.5. The Labute approximate surface area is 111 Å². The Morgan fingerprint density at radius 3 is 3.00 bits per heavy atom. The summed E-state index contributed by atoms with van der Waals surface area (Å²) in [5.74, 6) is 0.332. The van der Waals surface area contributed by atoms with Crippen LogP contribution in [0.15, 0.2) is 24.7 Å². The number of carbonyl (C=O) groups is 1. The van der Waals surface area contributed by atoms with E-state index >= 15 is 0 Å². The van der Waals surface area contributed by atoms with E-state index in [0.717, 1.165) is 11.9 Å². The van der Waals surface area contributed by atoms with Crippen molar-refractivity contribution in [1.29, 1.82) is 0 Å².